The Labute approximate surface area is 118 Å². The molecular formula is C17H16N2O. The molecule has 1 aliphatic carbocycles. The molecule has 1 fully saturated rings. The van der Waals surface area contributed by atoms with E-state index in [4.69, 9.17) is 0 Å². The van der Waals surface area contributed by atoms with E-state index in [0.29, 0.717) is 5.92 Å². The van der Waals surface area contributed by atoms with E-state index >= 15 is 0 Å². The van der Waals surface area contributed by atoms with Crippen LogP contribution in [-0.2, 0) is 4.79 Å². The smallest absolute Gasteiger partial charge is 0.243 e. The Balaban J connectivity index is 1.53. The van der Waals surface area contributed by atoms with Crippen molar-refractivity contribution in [2.45, 2.75) is 12.3 Å². The van der Waals surface area contributed by atoms with Crippen molar-refractivity contribution in [3.05, 3.63) is 71.8 Å². The maximum atomic E-state index is 12.0. The lowest BCUT2D eigenvalue weighted by Crippen LogP contribution is -2.20. The quantitative estimate of drug-likeness (QED) is 0.669. The van der Waals surface area contributed by atoms with Gasteiger partial charge in [0.05, 0.1) is 6.21 Å². The van der Waals surface area contributed by atoms with Crippen molar-refractivity contribution >= 4 is 12.1 Å². The number of amides is 1. The third-order valence-electron chi connectivity index (χ3n) is 3.54. The molecule has 0 aromatic heterocycles. The van der Waals surface area contributed by atoms with Gasteiger partial charge in [-0.1, -0.05) is 60.7 Å². The van der Waals surface area contributed by atoms with Crippen LogP contribution in [0.25, 0.3) is 0 Å². The van der Waals surface area contributed by atoms with Gasteiger partial charge in [0.1, 0.15) is 0 Å². The molecule has 100 valence electrons. The van der Waals surface area contributed by atoms with Crippen LogP contribution in [0.5, 0.6) is 0 Å². The normalized spacial score (nSPS) is 20.8. The Kier molecular flexibility index (Phi) is 3.59. The van der Waals surface area contributed by atoms with Crippen molar-refractivity contribution in [1.82, 2.24) is 5.43 Å². The first-order chi connectivity index (χ1) is 9.84. The summed E-state index contributed by atoms with van der Waals surface area (Å²) in [5.41, 5.74) is 4.83. The molecule has 20 heavy (non-hydrogen) atoms. The van der Waals surface area contributed by atoms with Crippen LogP contribution in [0.15, 0.2) is 65.8 Å². The van der Waals surface area contributed by atoms with Crippen molar-refractivity contribution in [2.75, 3.05) is 0 Å². The molecule has 2 aromatic carbocycles. The first-order valence-electron chi connectivity index (χ1n) is 6.77. The van der Waals surface area contributed by atoms with E-state index in [1.807, 2.05) is 48.5 Å². The highest BCUT2D eigenvalue weighted by molar-refractivity contribution is 5.85. The van der Waals surface area contributed by atoms with Gasteiger partial charge < -0.3 is 0 Å². The molecule has 1 amide bonds. The van der Waals surface area contributed by atoms with Gasteiger partial charge in [0.25, 0.3) is 0 Å². The number of hydrogen-bond acceptors (Lipinski definition) is 2. The second kappa shape index (κ2) is 5.70. The first kappa shape index (κ1) is 12.6. The van der Waals surface area contributed by atoms with E-state index in [9.17, 15) is 4.79 Å². The molecule has 3 heteroatoms. The summed E-state index contributed by atoms with van der Waals surface area (Å²) in [6, 6.07) is 19.9. The first-order valence-corrected chi connectivity index (χ1v) is 6.77. The zero-order valence-corrected chi connectivity index (χ0v) is 11.1. The Morgan fingerprint density at radius 3 is 2.40 bits per heavy atom. The number of nitrogens with zero attached hydrogens (tertiary/aromatic N) is 1. The number of hydrazone groups is 1. The van der Waals surface area contributed by atoms with Gasteiger partial charge in [-0.05, 0) is 23.5 Å². The molecule has 1 N–H and O–H groups in total. The van der Waals surface area contributed by atoms with Crippen molar-refractivity contribution in [2.24, 2.45) is 11.0 Å². The van der Waals surface area contributed by atoms with E-state index in [0.717, 1.165) is 12.0 Å². The Morgan fingerprint density at radius 2 is 1.70 bits per heavy atom. The molecule has 0 bridgehead atoms. The molecule has 1 aliphatic rings. The highest BCUT2D eigenvalue weighted by Crippen LogP contribution is 2.47. The lowest BCUT2D eigenvalue weighted by molar-refractivity contribution is -0.122. The van der Waals surface area contributed by atoms with Crippen molar-refractivity contribution in [3.8, 4) is 0 Å². The second-order valence-corrected chi connectivity index (χ2v) is 5.00. The zero-order valence-electron chi connectivity index (χ0n) is 11.1. The van der Waals surface area contributed by atoms with Gasteiger partial charge in [-0.25, -0.2) is 5.43 Å². The Hall–Kier alpha value is -2.42. The number of benzene rings is 2. The van der Waals surface area contributed by atoms with Gasteiger partial charge in [-0.15, -0.1) is 0 Å². The van der Waals surface area contributed by atoms with Crippen LogP contribution in [0.4, 0.5) is 0 Å². The predicted molar refractivity (Wildman–Crippen MR) is 79.5 cm³/mol. The zero-order chi connectivity index (χ0) is 13.8. The number of nitrogens with one attached hydrogen (secondary N) is 1. The highest BCUT2D eigenvalue weighted by Gasteiger charge is 2.43. The van der Waals surface area contributed by atoms with Gasteiger partial charge in [-0.2, -0.15) is 5.10 Å². The number of carbonyl (C=O) groups is 1. The minimum atomic E-state index is 0.00559. The summed E-state index contributed by atoms with van der Waals surface area (Å²) >= 11 is 0. The third-order valence-corrected chi connectivity index (χ3v) is 3.54. The van der Waals surface area contributed by atoms with Gasteiger partial charge in [0, 0.05) is 5.92 Å². The van der Waals surface area contributed by atoms with Gasteiger partial charge in [0.15, 0.2) is 0 Å². The van der Waals surface area contributed by atoms with Crippen LogP contribution < -0.4 is 5.43 Å². The summed E-state index contributed by atoms with van der Waals surface area (Å²) in [6.45, 7) is 0. The lowest BCUT2D eigenvalue weighted by Gasteiger charge is -2.00. The number of hydrogen-bond donors (Lipinski definition) is 1. The molecule has 0 radical (unpaired) electrons. The minimum absolute atomic E-state index is 0.00559. The third kappa shape index (κ3) is 2.94. The maximum Gasteiger partial charge on any atom is 0.243 e. The highest BCUT2D eigenvalue weighted by atomic mass is 16.2. The average molecular weight is 264 g/mol. The predicted octanol–water partition coefficient (Wildman–Crippen LogP) is 2.94. The van der Waals surface area contributed by atoms with E-state index in [-0.39, 0.29) is 11.8 Å². The SMILES string of the molecule is O=C(NN=Cc1ccccc1)[C@H]1C[C@H]1c1ccccc1. The molecule has 0 heterocycles. The van der Waals surface area contributed by atoms with Crippen LogP contribution in [0.3, 0.4) is 0 Å². The maximum absolute atomic E-state index is 12.0. The summed E-state index contributed by atoms with van der Waals surface area (Å²) in [5.74, 6) is 0.416. The fraction of sp³-hybridized carbons (Fsp3) is 0.176. The number of rotatable bonds is 4. The molecule has 3 rings (SSSR count). The molecule has 0 spiro atoms. The van der Waals surface area contributed by atoms with E-state index < -0.39 is 0 Å². The van der Waals surface area contributed by atoms with Gasteiger partial charge in [0.2, 0.25) is 5.91 Å². The van der Waals surface area contributed by atoms with E-state index in [2.05, 4.69) is 22.7 Å². The second-order valence-electron chi connectivity index (χ2n) is 5.00. The van der Waals surface area contributed by atoms with Crippen molar-refractivity contribution in [1.29, 1.82) is 0 Å². The molecular weight excluding hydrogens is 248 g/mol. The number of carbonyl (C=O) groups excluding carboxylic acids is 1. The van der Waals surface area contributed by atoms with E-state index in [1.165, 1.54) is 5.56 Å². The summed E-state index contributed by atoms with van der Waals surface area (Å²) in [4.78, 5) is 12.0. The lowest BCUT2D eigenvalue weighted by atomic mass is 10.1. The van der Waals surface area contributed by atoms with Crippen LogP contribution in [0.1, 0.15) is 23.5 Å². The van der Waals surface area contributed by atoms with E-state index in [1.54, 1.807) is 6.21 Å². The van der Waals surface area contributed by atoms with Crippen LogP contribution in [0.2, 0.25) is 0 Å². The molecule has 1 saturated carbocycles. The molecule has 0 aliphatic heterocycles. The molecule has 2 atom stereocenters. The standard InChI is InChI=1S/C17H16N2O/c20-17(19-18-12-13-7-3-1-4-8-13)16-11-15(16)14-9-5-2-6-10-14/h1-10,12,15-16H,11H2,(H,19,20)/t15-,16-/m0/s1. The summed E-state index contributed by atoms with van der Waals surface area (Å²) < 4.78 is 0. The molecule has 2 aromatic rings. The Bertz CT molecular complexity index is 607. The molecule has 0 unspecified atom stereocenters. The Morgan fingerprint density at radius 1 is 1.05 bits per heavy atom. The van der Waals surface area contributed by atoms with Gasteiger partial charge >= 0.3 is 0 Å². The van der Waals surface area contributed by atoms with Crippen LogP contribution in [-0.4, -0.2) is 12.1 Å². The largest absolute Gasteiger partial charge is 0.273 e. The monoisotopic (exact) mass is 264 g/mol. The van der Waals surface area contributed by atoms with Crippen LogP contribution in [0, 0.1) is 5.92 Å². The summed E-state index contributed by atoms with van der Waals surface area (Å²) in [5, 5.41) is 4.01. The van der Waals surface area contributed by atoms with Crippen molar-refractivity contribution in [3.63, 3.8) is 0 Å². The summed E-state index contributed by atoms with van der Waals surface area (Å²) in [6.07, 6.45) is 2.58. The van der Waals surface area contributed by atoms with Crippen LogP contribution >= 0.6 is 0 Å². The fourth-order valence-electron chi connectivity index (χ4n) is 2.35. The van der Waals surface area contributed by atoms with Crippen molar-refractivity contribution < 1.29 is 4.79 Å². The minimum Gasteiger partial charge on any atom is -0.273 e. The molecule has 3 nitrogen and oxygen atoms in total. The summed E-state index contributed by atoms with van der Waals surface area (Å²) in [7, 11) is 0. The van der Waals surface area contributed by atoms with Gasteiger partial charge in [-0.3, -0.25) is 4.79 Å². The fourth-order valence-corrected chi connectivity index (χ4v) is 2.35. The topological polar surface area (TPSA) is 41.5 Å². The average Bonchev–Trinajstić information content (AvgIpc) is 3.30. The molecule has 0 saturated heterocycles.